The van der Waals surface area contributed by atoms with E-state index < -0.39 is 0 Å². The van der Waals surface area contributed by atoms with Gasteiger partial charge in [0, 0.05) is 11.0 Å². The van der Waals surface area contributed by atoms with Crippen LogP contribution in [0.3, 0.4) is 0 Å². The van der Waals surface area contributed by atoms with Crippen LogP contribution in [0.4, 0.5) is 0 Å². The van der Waals surface area contributed by atoms with Gasteiger partial charge in [-0.2, -0.15) is 9.50 Å². The summed E-state index contributed by atoms with van der Waals surface area (Å²) in [5.41, 5.74) is 1.15. The first-order valence-electron chi connectivity index (χ1n) is 9.72. The first-order valence-corrected chi connectivity index (χ1v) is 11.3. The number of rotatable bonds is 4. The normalized spacial score (nSPS) is 19.0. The molecule has 1 N–H and O–H groups in total. The minimum absolute atomic E-state index is 0.0317. The second kappa shape index (κ2) is 7.59. The quantitative estimate of drug-likeness (QED) is 0.434. The van der Waals surface area contributed by atoms with Gasteiger partial charge in [-0.15, -0.1) is 5.10 Å². The Kier molecular flexibility index (Phi) is 4.93. The highest BCUT2D eigenvalue weighted by Gasteiger charge is 2.32. The highest BCUT2D eigenvalue weighted by molar-refractivity contribution is 9.10. The molecule has 0 radical (unpaired) electrons. The first-order chi connectivity index (χ1) is 14.1. The van der Waals surface area contributed by atoms with E-state index in [9.17, 15) is 5.11 Å². The predicted molar refractivity (Wildman–Crippen MR) is 116 cm³/mol. The third kappa shape index (κ3) is 3.49. The molecule has 150 valence electrons. The van der Waals surface area contributed by atoms with Crippen LogP contribution in [0.2, 0.25) is 0 Å². The molecule has 3 aromatic heterocycles. The molecular weight excluding hydrogens is 452 g/mol. The average molecular weight is 473 g/mol. The van der Waals surface area contributed by atoms with Crippen molar-refractivity contribution in [3.05, 3.63) is 57.6 Å². The molecule has 0 aliphatic carbocycles. The third-order valence-corrected chi connectivity index (χ3v) is 6.97. The largest absolute Gasteiger partial charge is 0.492 e. The summed E-state index contributed by atoms with van der Waals surface area (Å²) in [4.78, 5) is 8.58. The molecule has 1 fully saturated rings. The maximum absolute atomic E-state index is 11.1. The van der Waals surface area contributed by atoms with Crippen LogP contribution in [0.1, 0.15) is 36.2 Å². The van der Waals surface area contributed by atoms with Crippen molar-refractivity contribution >= 4 is 32.2 Å². The zero-order valence-electron chi connectivity index (χ0n) is 16.0. The number of aromatic hydroxyl groups is 1. The number of likely N-dealkylation sites (tertiary alicyclic amines) is 1. The number of benzene rings is 1. The topological polar surface area (TPSA) is 66.8 Å². The summed E-state index contributed by atoms with van der Waals surface area (Å²) in [6, 6.07) is 11.9. The highest BCUT2D eigenvalue weighted by Crippen LogP contribution is 2.42. The minimum atomic E-state index is -0.0317. The molecule has 8 heteroatoms. The molecule has 1 saturated heterocycles. The van der Waals surface area contributed by atoms with Gasteiger partial charge in [0.25, 0.3) is 0 Å². The summed E-state index contributed by atoms with van der Waals surface area (Å²) in [7, 11) is 0. The van der Waals surface area contributed by atoms with Crippen molar-refractivity contribution < 1.29 is 9.52 Å². The summed E-state index contributed by atoms with van der Waals surface area (Å²) < 4.78 is 7.95. The summed E-state index contributed by atoms with van der Waals surface area (Å²) in [5, 5.41) is 15.6. The second-order valence-corrected chi connectivity index (χ2v) is 9.52. The Hall–Kier alpha value is -2.16. The Bertz CT molecular complexity index is 1140. The number of aromatic nitrogens is 3. The van der Waals surface area contributed by atoms with Gasteiger partial charge in [0.2, 0.25) is 16.7 Å². The SMILES string of the molecule is CC1CCCN(C(c2cccc(Br)c2)c2sc3nc(-c4ccco4)nn3c2O)C1. The Morgan fingerprint density at radius 3 is 2.93 bits per heavy atom. The van der Waals surface area contributed by atoms with Crippen LogP contribution < -0.4 is 0 Å². The van der Waals surface area contributed by atoms with E-state index in [1.807, 2.05) is 18.2 Å². The van der Waals surface area contributed by atoms with Gasteiger partial charge in [0.15, 0.2) is 5.76 Å². The number of halogens is 1. The molecule has 2 unspecified atom stereocenters. The number of thiazole rings is 1. The fourth-order valence-electron chi connectivity index (χ4n) is 4.10. The summed E-state index contributed by atoms with van der Waals surface area (Å²) in [5.74, 6) is 1.86. The molecule has 1 aliphatic rings. The Labute approximate surface area is 180 Å². The van der Waals surface area contributed by atoms with E-state index in [-0.39, 0.29) is 11.9 Å². The Balaban J connectivity index is 1.60. The predicted octanol–water partition coefficient (Wildman–Crippen LogP) is 5.34. The molecule has 29 heavy (non-hydrogen) atoms. The van der Waals surface area contributed by atoms with Crippen molar-refractivity contribution in [2.24, 2.45) is 5.92 Å². The lowest BCUT2D eigenvalue weighted by Gasteiger charge is -2.37. The molecule has 5 rings (SSSR count). The van der Waals surface area contributed by atoms with Crippen LogP contribution in [0.5, 0.6) is 5.88 Å². The number of hydrogen-bond acceptors (Lipinski definition) is 6. The molecule has 0 spiro atoms. The van der Waals surface area contributed by atoms with E-state index in [1.165, 1.54) is 22.3 Å². The van der Waals surface area contributed by atoms with Gasteiger partial charge in [-0.1, -0.05) is 46.3 Å². The molecule has 4 heterocycles. The molecule has 0 bridgehead atoms. The van der Waals surface area contributed by atoms with E-state index in [0.29, 0.717) is 22.5 Å². The van der Waals surface area contributed by atoms with E-state index in [4.69, 9.17) is 4.42 Å². The van der Waals surface area contributed by atoms with Gasteiger partial charge < -0.3 is 9.52 Å². The zero-order valence-corrected chi connectivity index (χ0v) is 18.4. The lowest BCUT2D eigenvalue weighted by molar-refractivity contribution is 0.149. The van der Waals surface area contributed by atoms with Crippen molar-refractivity contribution in [3.63, 3.8) is 0 Å². The van der Waals surface area contributed by atoms with Gasteiger partial charge in [0.1, 0.15) is 0 Å². The van der Waals surface area contributed by atoms with E-state index >= 15 is 0 Å². The monoisotopic (exact) mass is 472 g/mol. The van der Waals surface area contributed by atoms with Crippen molar-refractivity contribution in [2.45, 2.75) is 25.8 Å². The van der Waals surface area contributed by atoms with Crippen molar-refractivity contribution in [2.75, 3.05) is 13.1 Å². The summed E-state index contributed by atoms with van der Waals surface area (Å²) >= 11 is 5.08. The fourth-order valence-corrected chi connectivity index (χ4v) is 5.64. The maximum Gasteiger partial charge on any atom is 0.230 e. The van der Waals surface area contributed by atoms with Crippen molar-refractivity contribution in [1.82, 2.24) is 19.5 Å². The summed E-state index contributed by atoms with van der Waals surface area (Å²) in [6.45, 7) is 4.30. The van der Waals surface area contributed by atoms with E-state index in [2.05, 4.69) is 50.0 Å². The standard InChI is InChI=1S/C21H21BrN4O2S/c1-13-5-3-9-25(12-13)17(14-6-2-7-15(22)11-14)18-20(27)26-21(29-18)23-19(24-26)16-8-4-10-28-16/h2,4,6-8,10-11,13,17,27H,3,5,9,12H2,1H3. The van der Waals surface area contributed by atoms with Gasteiger partial charge in [-0.25, -0.2) is 0 Å². The van der Waals surface area contributed by atoms with Crippen LogP contribution in [0.15, 0.2) is 51.6 Å². The average Bonchev–Trinajstić information content (AvgIpc) is 3.41. The lowest BCUT2D eigenvalue weighted by Crippen LogP contribution is -2.37. The van der Waals surface area contributed by atoms with Crippen LogP contribution in [0.25, 0.3) is 16.5 Å². The number of piperidine rings is 1. The van der Waals surface area contributed by atoms with Crippen molar-refractivity contribution in [1.29, 1.82) is 0 Å². The highest BCUT2D eigenvalue weighted by atomic mass is 79.9. The fraction of sp³-hybridized carbons (Fsp3) is 0.333. The van der Waals surface area contributed by atoms with Gasteiger partial charge >= 0.3 is 0 Å². The van der Waals surface area contributed by atoms with Crippen LogP contribution >= 0.6 is 27.3 Å². The second-order valence-electron chi connectivity index (χ2n) is 7.60. The van der Waals surface area contributed by atoms with Crippen LogP contribution in [0, 0.1) is 5.92 Å². The Morgan fingerprint density at radius 2 is 2.21 bits per heavy atom. The maximum atomic E-state index is 11.1. The number of nitrogens with zero attached hydrogens (tertiary/aromatic N) is 4. The van der Waals surface area contributed by atoms with Gasteiger partial charge in [-0.05, 0) is 55.1 Å². The molecule has 2 atom stereocenters. The molecule has 4 aromatic rings. The molecule has 0 amide bonds. The molecule has 1 aliphatic heterocycles. The molecule has 1 aromatic carbocycles. The smallest absolute Gasteiger partial charge is 0.230 e. The molecule has 6 nitrogen and oxygen atoms in total. The van der Waals surface area contributed by atoms with Crippen LogP contribution in [-0.2, 0) is 0 Å². The molecule has 0 saturated carbocycles. The van der Waals surface area contributed by atoms with Gasteiger partial charge in [-0.3, -0.25) is 4.90 Å². The van der Waals surface area contributed by atoms with E-state index in [1.54, 1.807) is 12.3 Å². The number of furan rings is 1. The summed E-state index contributed by atoms with van der Waals surface area (Å²) in [6.07, 6.45) is 4.00. The lowest BCUT2D eigenvalue weighted by atomic mass is 9.95. The van der Waals surface area contributed by atoms with Crippen molar-refractivity contribution in [3.8, 4) is 17.5 Å². The third-order valence-electron chi connectivity index (χ3n) is 5.41. The van der Waals surface area contributed by atoms with Gasteiger partial charge in [0.05, 0.1) is 17.2 Å². The zero-order chi connectivity index (χ0) is 20.0. The Morgan fingerprint density at radius 1 is 1.31 bits per heavy atom. The number of hydrogen-bond donors (Lipinski definition) is 1. The molecular formula is C21H21BrN4O2S. The minimum Gasteiger partial charge on any atom is -0.492 e. The van der Waals surface area contributed by atoms with E-state index in [0.717, 1.165) is 34.4 Å². The number of fused-ring (bicyclic) bond motifs is 1. The van der Waals surface area contributed by atoms with Crippen LogP contribution in [-0.4, -0.2) is 37.7 Å². The first kappa shape index (κ1) is 18.8.